The number of hydrogen-bond acceptors (Lipinski definition) is 4. The number of hydrogen-bond donors (Lipinski definition) is 0. The Morgan fingerprint density at radius 3 is 2.69 bits per heavy atom. The molecule has 1 aliphatic carbocycles. The van der Waals surface area contributed by atoms with E-state index in [0.29, 0.717) is 19.6 Å². The molecule has 142 valence electrons. The SMILES string of the molecule is O=C(CCOc1ccccc1)N1CCC2(CC1)C[C@@H](OCC1CC1)CO2. The van der Waals surface area contributed by atoms with Crippen molar-refractivity contribution >= 4 is 5.91 Å². The Kier molecular flexibility index (Phi) is 5.46. The topological polar surface area (TPSA) is 48.0 Å². The minimum absolute atomic E-state index is 0.0640. The first kappa shape index (κ1) is 17.8. The van der Waals surface area contributed by atoms with Gasteiger partial charge in [0, 0.05) is 26.1 Å². The smallest absolute Gasteiger partial charge is 0.226 e. The number of rotatable bonds is 7. The zero-order valence-electron chi connectivity index (χ0n) is 15.4. The van der Waals surface area contributed by atoms with E-state index in [4.69, 9.17) is 14.2 Å². The molecule has 1 spiro atoms. The summed E-state index contributed by atoms with van der Waals surface area (Å²) in [5.41, 5.74) is -0.0640. The third-order valence-electron chi connectivity index (χ3n) is 5.79. The highest BCUT2D eigenvalue weighted by Gasteiger charge is 2.44. The summed E-state index contributed by atoms with van der Waals surface area (Å²) in [4.78, 5) is 14.4. The summed E-state index contributed by atoms with van der Waals surface area (Å²) >= 11 is 0. The molecule has 0 N–H and O–H groups in total. The van der Waals surface area contributed by atoms with Crippen molar-refractivity contribution in [1.82, 2.24) is 4.90 Å². The monoisotopic (exact) mass is 359 g/mol. The molecule has 2 saturated heterocycles. The summed E-state index contributed by atoms with van der Waals surface area (Å²) in [6, 6.07) is 9.64. The highest BCUT2D eigenvalue weighted by molar-refractivity contribution is 5.76. The first-order chi connectivity index (χ1) is 12.7. The van der Waals surface area contributed by atoms with Crippen LogP contribution in [0.15, 0.2) is 30.3 Å². The molecule has 0 aromatic heterocycles. The molecule has 0 radical (unpaired) electrons. The van der Waals surface area contributed by atoms with Crippen LogP contribution in [0.3, 0.4) is 0 Å². The maximum absolute atomic E-state index is 12.4. The molecule has 1 atom stereocenters. The van der Waals surface area contributed by atoms with Crippen LogP contribution in [0, 0.1) is 5.92 Å². The lowest BCUT2D eigenvalue weighted by atomic mass is 9.88. The van der Waals surface area contributed by atoms with Gasteiger partial charge in [-0.3, -0.25) is 4.79 Å². The summed E-state index contributed by atoms with van der Waals surface area (Å²) in [7, 11) is 0. The van der Waals surface area contributed by atoms with Crippen molar-refractivity contribution in [2.45, 2.75) is 50.2 Å². The molecule has 1 aromatic rings. The molecular weight excluding hydrogens is 330 g/mol. The highest BCUT2D eigenvalue weighted by Crippen LogP contribution is 2.38. The van der Waals surface area contributed by atoms with Crippen LogP contribution in [0.1, 0.15) is 38.5 Å². The highest BCUT2D eigenvalue weighted by atomic mass is 16.6. The number of ether oxygens (including phenoxy) is 3. The van der Waals surface area contributed by atoms with Gasteiger partial charge in [0.2, 0.25) is 5.91 Å². The summed E-state index contributed by atoms with van der Waals surface area (Å²) in [6.45, 7) is 3.60. The average molecular weight is 359 g/mol. The number of carbonyl (C=O) groups excluding carboxylic acids is 1. The quantitative estimate of drug-likeness (QED) is 0.751. The molecule has 1 aromatic carbocycles. The normalized spacial score (nSPS) is 24.8. The molecule has 4 rings (SSSR count). The lowest BCUT2D eigenvalue weighted by Crippen LogP contribution is -2.46. The number of para-hydroxylation sites is 1. The maximum Gasteiger partial charge on any atom is 0.226 e. The molecule has 2 heterocycles. The molecule has 3 aliphatic rings. The van der Waals surface area contributed by atoms with Gasteiger partial charge in [0.1, 0.15) is 5.75 Å². The lowest BCUT2D eigenvalue weighted by Gasteiger charge is -2.38. The molecule has 1 saturated carbocycles. The minimum Gasteiger partial charge on any atom is -0.493 e. The van der Waals surface area contributed by atoms with Crippen molar-refractivity contribution in [1.29, 1.82) is 0 Å². The number of piperidine rings is 1. The van der Waals surface area contributed by atoms with Gasteiger partial charge in [-0.25, -0.2) is 0 Å². The van der Waals surface area contributed by atoms with Crippen molar-refractivity contribution < 1.29 is 19.0 Å². The zero-order valence-corrected chi connectivity index (χ0v) is 15.4. The maximum atomic E-state index is 12.4. The Morgan fingerprint density at radius 1 is 1.19 bits per heavy atom. The minimum atomic E-state index is -0.0640. The van der Waals surface area contributed by atoms with Crippen molar-refractivity contribution in [3.05, 3.63) is 30.3 Å². The fraction of sp³-hybridized carbons (Fsp3) is 0.667. The number of benzene rings is 1. The van der Waals surface area contributed by atoms with E-state index in [0.717, 1.165) is 50.6 Å². The fourth-order valence-corrected chi connectivity index (χ4v) is 3.91. The van der Waals surface area contributed by atoms with Gasteiger partial charge in [-0.15, -0.1) is 0 Å². The molecule has 0 unspecified atom stereocenters. The lowest BCUT2D eigenvalue weighted by molar-refractivity contribution is -0.136. The van der Waals surface area contributed by atoms with Gasteiger partial charge in [-0.2, -0.15) is 0 Å². The van der Waals surface area contributed by atoms with Gasteiger partial charge in [0.15, 0.2) is 0 Å². The second-order valence-electron chi connectivity index (χ2n) is 7.89. The first-order valence-electron chi connectivity index (χ1n) is 9.94. The number of likely N-dealkylation sites (tertiary alicyclic amines) is 1. The van der Waals surface area contributed by atoms with Crippen LogP contribution < -0.4 is 4.74 Å². The number of nitrogens with zero attached hydrogens (tertiary/aromatic N) is 1. The summed E-state index contributed by atoms with van der Waals surface area (Å²) < 4.78 is 17.8. The van der Waals surface area contributed by atoms with E-state index in [1.807, 2.05) is 35.2 Å². The van der Waals surface area contributed by atoms with Crippen LogP contribution in [0.5, 0.6) is 5.75 Å². The van der Waals surface area contributed by atoms with Crippen molar-refractivity contribution in [2.24, 2.45) is 5.92 Å². The first-order valence-corrected chi connectivity index (χ1v) is 9.94. The Hall–Kier alpha value is -1.59. The van der Waals surface area contributed by atoms with Crippen molar-refractivity contribution in [3.8, 4) is 5.75 Å². The number of amides is 1. The summed E-state index contributed by atoms with van der Waals surface area (Å²) in [6.07, 6.45) is 6.14. The van der Waals surface area contributed by atoms with E-state index < -0.39 is 0 Å². The Morgan fingerprint density at radius 2 is 1.96 bits per heavy atom. The molecule has 5 heteroatoms. The summed E-state index contributed by atoms with van der Waals surface area (Å²) in [5.74, 6) is 1.79. The molecule has 2 aliphatic heterocycles. The van der Waals surface area contributed by atoms with E-state index in [1.165, 1.54) is 12.8 Å². The molecular formula is C21H29NO4. The van der Waals surface area contributed by atoms with E-state index in [1.54, 1.807) is 0 Å². The second kappa shape index (κ2) is 7.97. The van der Waals surface area contributed by atoms with Crippen LogP contribution >= 0.6 is 0 Å². The largest absolute Gasteiger partial charge is 0.493 e. The average Bonchev–Trinajstić information content (AvgIpc) is 3.43. The van der Waals surface area contributed by atoms with Crippen LogP contribution in [-0.4, -0.2) is 55.4 Å². The van der Waals surface area contributed by atoms with Gasteiger partial charge in [-0.05, 0) is 43.7 Å². The third kappa shape index (κ3) is 4.57. The van der Waals surface area contributed by atoms with Gasteiger partial charge < -0.3 is 19.1 Å². The zero-order chi connectivity index (χ0) is 17.8. The summed E-state index contributed by atoms with van der Waals surface area (Å²) in [5, 5.41) is 0. The van der Waals surface area contributed by atoms with Crippen LogP contribution in [-0.2, 0) is 14.3 Å². The van der Waals surface area contributed by atoms with Gasteiger partial charge in [-0.1, -0.05) is 18.2 Å². The predicted molar refractivity (Wildman–Crippen MR) is 98.1 cm³/mol. The predicted octanol–water partition coefficient (Wildman–Crippen LogP) is 3.03. The molecule has 5 nitrogen and oxygen atoms in total. The fourth-order valence-electron chi connectivity index (χ4n) is 3.91. The number of carbonyl (C=O) groups is 1. The Balaban J connectivity index is 1.16. The molecule has 26 heavy (non-hydrogen) atoms. The van der Waals surface area contributed by atoms with Gasteiger partial charge in [0.05, 0.1) is 31.3 Å². The van der Waals surface area contributed by atoms with Gasteiger partial charge >= 0.3 is 0 Å². The van der Waals surface area contributed by atoms with Crippen molar-refractivity contribution in [2.75, 3.05) is 32.9 Å². The van der Waals surface area contributed by atoms with Crippen LogP contribution in [0.2, 0.25) is 0 Å². The van der Waals surface area contributed by atoms with E-state index in [2.05, 4.69) is 0 Å². The van der Waals surface area contributed by atoms with E-state index in [9.17, 15) is 4.79 Å². The third-order valence-corrected chi connectivity index (χ3v) is 5.79. The van der Waals surface area contributed by atoms with Crippen molar-refractivity contribution in [3.63, 3.8) is 0 Å². The standard InChI is InChI=1S/C21H29NO4/c23-20(8-13-24-18-4-2-1-3-5-18)22-11-9-21(10-12-22)14-19(16-26-21)25-15-17-6-7-17/h1-5,17,19H,6-16H2/t19-/m1/s1. The Bertz CT molecular complexity index is 593. The molecule has 1 amide bonds. The van der Waals surface area contributed by atoms with Gasteiger partial charge in [0.25, 0.3) is 0 Å². The van der Waals surface area contributed by atoms with E-state index in [-0.39, 0.29) is 17.6 Å². The molecule has 0 bridgehead atoms. The van der Waals surface area contributed by atoms with Crippen LogP contribution in [0.4, 0.5) is 0 Å². The Labute approximate surface area is 155 Å². The molecule has 3 fully saturated rings. The van der Waals surface area contributed by atoms with Crippen LogP contribution in [0.25, 0.3) is 0 Å². The second-order valence-corrected chi connectivity index (χ2v) is 7.89. The van der Waals surface area contributed by atoms with E-state index >= 15 is 0 Å².